The highest BCUT2D eigenvalue weighted by molar-refractivity contribution is 5.32. The van der Waals surface area contributed by atoms with Crippen LogP contribution in [0.25, 0.3) is 0 Å². The van der Waals surface area contributed by atoms with Crippen LogP contribution in [0.3, 0.4) is 0 Å². The first kappa shape index (κ1) is 34.1. The first-order valence-electron chi connectivity index (χ1n) is 18.0. The van der Waals surface area contributed by atoms with Crippen LogP contribution in [0.5, 0.6) is 0 Å². The first-order chi connectivity index (χ1) is 21.4. The summed E-state index contributed by atoms with van der Waals surface area (Å²) in [5.74, 6) is 0.562. The number of rotatable bonds is 6. The van der Waals surface area contributed by atoms with Crippen LogP contribution >= 0.6 is 0 Å². The van der Waals surface area contributed by atoms with E-state index in [0.717, 1.165) is 57.8 Å². The average molecular weight is 653 g/mol. The quantitative estimate of drug-likeness (QED) is 0.211. The van der Waals surface area contributed by atoms with Gasteiger partial charge in [0.05, 0.1) is 36.1 Å². The van der Waals surface area contributed by atoms with Gasteiger partial charge < -0.3 is 50.0 Å². The monoisotopic (exact) mass is 652 g/mol. The molecule has 2 spiro atoms. The van der Waals surface area contributed by atoms with E-state index in [9.17, 15) is 35.7 Å². The lowest BCUT2D eigenvalue weighted by Crippen LogP contribution is -2.62. The van der Waals surface area contributed by atoms with Gasteiger partial charge in [0, 0.05) is 17.9 Å². The second-order valence-electron chi connectivity index (χ2n) is 18.4. The smallest absolute Gasteiger partial charge is 0.186 e. The molecule has 0 unspecified atom stereocenters. The predicted molar refractivity (Wildman–Crippen MR) is 167 cm³/mol. The molecular weight excluding hydrogens is 592 g/mol. The zero-order valence-corrected chi connectivity index (χ0v) is 28.7. The van der Waals surface area contributed by atoms with E-state index in [0.29, 0.717) is 18.3 Å². The van der Waals surface area contributed by atoms with Crippen molar-refractivity contribution in [3.8, 4) is 0 Å². The summed E-state index contributed by atoms with van der Waals surface area (Å²) in [6.45, 7) is 12.1. The van der Waals surface area contributed by atoms with Gasteiger partial charge >= 0.3 is 0 Å². The number of hydrogen-bond acceptors (Lipinski definition) is 10. The van der Waals surface area contributed by atoms with E-state index in [2.05, 4.69) is 27.7 Å². The third-order valence-electron chi connectivity index (χ3n) is 15.9. The van der Waals surface area contributed by atoms with Gasteiger partial charge in [-0.3, -0.25) is 0 Å². The SMILES string of the molecule is CC(C)(O)[C@H]1CC[C@@](C)([C@H]2[C@@H](O)C[C@@]3(C)[C@@H]4CC[C@H]5C(C)(C)[C@@H](O[C@@H]6O[C@H](CO)[C@@H](O)[C@H](O)[C@H]6O)CC[C@@]56C[C@@]46CC[C@]23CO)O1. The third-order valence-corrected chi connectivity index (χ3v) is 15.9. The van der Waals surface area contributed by atoms with Gasteiger partial charge in [-0.05, 0) is 118 Å². The second-order valence-corrected chi connectivity index (χ2v) is 18.4. The minimum absolute atomic E-state index is 0.0286. The molecule has 5 aliphatic carbocycles. The summed E-state index contributed by atoms with van der Waals surface area (Å²) in [7, 11) is 0. The fraction of sp³-hybridized carbons (Fsp3) is 1.00. The zero-order chi connectivity index (χ0) is 33.5. The summed E-state index contributed by atoms with van der Waals surface area (Å²) in [6, 6.07) is 0. The van der Waals surface area contributed by atoms with Gasteiger partial charge in [-0.15, -0.1) is 0 Å². The molecule has 46 heavy (non-hydrogen) atoms. The lowest BCUT2D eigenvalue weighted by atomic mass is 9.41. The van der Waals surface area contributed by atoms with Crippen molar-refractivity contribution in [2.45, 2.75) is 166 Å². The van der Waals surface area contributed by atoms with Crippen molar-refractivity contribution in [3.63, 3.8) is 0 Å². The molecule has 7 fully saturated rings. The maximum Gasteiger partial charge on any atom is 0.186 e. The molecule has 7 rings (SSSR count). The van der Waals surface area contributed by atoms with Crippen molar-refractivity contribution in [3.05, 3.63) is 0 Å². The third kappa shape index (κ3) is 4.24. The van der Waals surface area contributed by atoms with Gasteiger partial charge in [0.1, 0.15) is 24.4 Å². The van der Waals surface area contributed by atoms with Crippen LogP contribution in [0.1, 0.15) is 106 Å². The Morgan fingerprint density at radius 2 is 1.48 bits per heavy atom. The normalized spacial score (nSPS) is 57.7. The van der Waals surface area contributed by atoms with Gasteiger partial charge in [-0.25, -0.2) is 0 Å². The lowest BCUT2D eigenvalue weighted by molar-refractivity contribution is -0.326. The van der Waals surface area contributed by atoms with E-state index in [1.165, 1.54) is 0 Å². The van der Waals surface area contributed by atoms with Crippen molar-refractivity contribution >= 4 is 0 Å². The van der Waals surface area contributed by atoms with Crippen molar-refractivity contribution in [2.75, 3.05) is 13.2 Å². The van der Waals surface area contributed by atoms with E-state index < -0.39 is 60.0 Å². The van der Waals surface area contributed by atoms with E-state index in [1.807, 2.05) is 0 Å². The molecular formula is C36H60O10. The van der Waals surface area contributed by atoms with Crippen LogP contribution in [-0.4, -0.2) is 109 Å². The molecule has 7 aliphatic rings. The van der Waals surface area contributed by atoms with E-state index in [-0.39, 0.29) is 46.4 Å². The summed E-state index contributed by atoms with van der Waals surface area (Å²) >= 11 is 0. The van der Waals surface area contributed by atoms with Crippen LogP contribution in [0.15, 0.2) is 0 Å². The van der Waals surface area contributed by atoms with Crippen LogP contribution in [0, 0.1) is 44.8 Å². The zero-order valence-electron chi connectivity index (χ0n) is 28.7. The lowest BCUT2D eigenvalue weighted by Gasteiger charge is -2.64. The summed E-state index contributed by atoms with van der Waals surface area (Å²) in [4.78, 5) is 0. The fourth-order valence-electron chi connectivity index (χ4n) is 13.7. The Morgan fingerprint density at radius 3 is 2.11 bits per heavy atom. The number of aliphatic hydroxyl groups is 7. The summed E-state index contributed by atoms with van der Waals surface area (Å²) in [5.41, 5.74) is -2.22. The van der Waals surface area contributed by atoms with Crippen LogP contribution < -0.4 is 0 Å². The summed E-state index contributed by atoms with van der Waals surface area (Å²) in [5, 5.41) is 75.1. The van der Waals surface area contributed by atoms with Crippen molar-refractivity contribution in [1.82, 2.24) is 0 Å². The number of aliphatic hydroxyl groups excluding tert-OH is 6. The van der Waals surface area contributed by atoms with Gasteiger partial charge in [0.25, 0.3) is 0 Å². The molecule has 10 heteroatoms. The highest BCUT2D eigenvalue weighted by Gasteiger charge is 2.84. The van der Waals surface area contributed by atoms with Gasteiger partial charge in [-0.2, -0.15) is 0 Å². The van der Waals surface area contributed by atoms with Crippen molar-refractivity contribution in [2.24, 2.45) is 44.8 Å². The molecule has 0 amide bonds. The highest BCUT2D eigenvalue weighted by Crippen LogP contribution is 2.89. The Kier molecular flexibility index (Phi) is 7.82. The van der Waals surface area contributed by atoms with Crippen LogP contribution in [0.4, 0.5) is 0 Å². The topological polar surface area (TPSA) is 169 Å². The maximum absolute atomic E-state index is 11.9. The van der Waals surface area contributed by atoms with Gasteiger partial charge in [-0.1, -0.05) is 20.8 Å². The largest absolute Gasteiger partial charge is 0.396 e. The van der Waals surface area contributed by atoms with Crippen molar-refractivity contribution in [1.29, 1.82) is 0 Å². The molecule has 264 valence electrons. The minimum atomic E-state index is -1.46. The summed E-state index contributed by atoms with van der Waals surface area (Å²) < 4.78 is 18.9. The first-order valence-corrected chi connectivity index (χ1v) is 18.0. The molecule has 16 atom stereocenters. The standard InChI is InChI=1S/C36H60O10/c1-30(2)21-7-8-22-32(5)15-19(39)28(33(6)11-9-24(46-33)31(3,4)43)36(32,18-38)14-13-35(22)17-34(21,35)12-10-23(30)45-29-27(42)26(41)25(40)20(16-37)44-29/h19-29,37-43H,7-18H2,1-6H3/t19-,20+,21-,22-,23-,24+,25+,26-,27+,28+,29-,32-,33-,34+,35-,36-/m0/s1. The molecule has 5 saturated carbocycles. The number of ether oxygens (including phenoxy) is 3. The van der Waals surface area contributed by atoms with Gasteiger partial charge in [0.2, 0.25) is 0 Å². The van der Waals surface area contributed by atoms with Crippen LogP contribution in [-0.2, 0) is 14.2 Å². The highest BCUT2D eigenvalue weighted by atomic mass is 16.7. The van der Waals surface area contributed by atoms with Gasteiger partial charge in [0.15, 0.2) is 6.29 Å². The predicted octanol–water partition coefficient (Wildman–Crippen LogP) is 2.26. The molecule has 0 aromatic rings. The Bertz CT molecular complexity index is 1190. The molecule has 2 heterocycles. The Labute approximate surface area is 273 Å². The molecule has 10 nitrogen and oxygen atoms in total. The fourth-order valence-corrected chi connectivity index (χ4v) is 13.7. The Hall–Kier alpha value is -0.400. The molecule has 0 aromatic heterocycles. The molecule has 0 bridgehead atoms. The molecule has 0 radical (unpaired) electrons. The number of fused-ring (bicyclic) bond motifs is 2. The van der Waals surface area contributed by atoms with Crippen molar-refractivity contribution < 1.29 is 50.0 Å². The molecule has 0 aromatic carbocycles. The number of hydrogen-bond donors (Lipinski definition) is 7. The second kappa shape index (κ2) is 10.6. The minimum Gasteiger partial charge on any atom is -0.396 e. The Balaban J connectivity index is 1.14. The van der Waals surface area contributed by atoms with E-state index >= 15 is 0 Å². The average Bonchev–Trinajstić information content (AvgIpc) is 3.34. The van der Waals surface area contributed by atoms with E-state index in [4.69, 9.17) is 14.2 Å². The molecule has 2 aliphatic heterocycles. The maximum atomic E-state index is 11.9. The molecule has 7 N–H and O–H groups in total. The van der Waals surface area contributed by atoms with E-state index in [1.54, 1.807) is 13.8 Å². The molecule has 2 saturated heterocycles. The summed E-state index contributed by atoms with van der Waals surface area (Å²) in [6.07, 6.45) is 1.45. The Morgan fingerprint density at radius 1 is 0.804 bits per heavy atom. The van der Waals surface area contributed by atoms with Crippen LogP contribution in [0.2, 0.25) is 0 Å².